The second-order valence-electron chi connectivity index (χ2n) is 6.93. The molecule has 0 bridgehead atoms. The lowest BCUT2D eigenvalue weighted by Crippen LogP contribution is -2.43. The molecule has 0 aliphatic carbocycles. The number of furan rings is 1. The lowest BCUT2D eigenvalue weighted by atomic mass is 10.2. The van der Waals surface area contributed by atoms with Gasteiger partial charge in [-0.05, 0) is 49.2 Å². The molecule has 2 aromatic heterocycles. The molecule has 8 heteroatoms. The summed E-state index contributed by atoms with van der Waals surface area (Å²) in [6, 6.07) is 12.6. The van der Waals surface area contributed by atoms with Gasteiger partial charge in [0.05, 0.1) is 10.2 Å². The Balaban J connectivity index is 1.36. The van der Waals surface area contributed by atoms with Crippen LogP contribution in [-0.4, -0.2) is 34.3 Å². The molecule has 4 aromatic rings. The maximum absolute atomic E-state index is 13.4. The number of rotatable bonds is 3. The molecule has 1 unspecified atom stereocenters. The van der Waals surface area contributed by atoms with Gasteiger partial charge in [0.2, 0.25) is 5.91 Å². The van der Waals surface area contributed by atoms with Gasteiger partial charge in [-0.2, -0.15) is 0 Å². The summed E-state index contributed by atoms with van der Waals surface area (Å²) in [7, 11) is 0. The average molecular weight is 409 g/mol. The number of halogens is 1. The second kappa shape index (κ2) is 6.97. The van der Waals surface area contributed by atoms with Crippen LogP contribution >= 0.6 is 11.3 Å². The fourth-order valence-electron chi connectivity index (χ4n) is 3.66. The zero-order valence-corrected chi connectivity index (χ0v) is 16.0. The van der Waals surface area contributed by atoms with E-state index >= 15 is 0 Å². The highest BCUT2D eigenvalue weighted by atomic mass is 32.1. The Morgan fingerprint density at radius 1 is 1.21 bits per heavy atom. The highest BCUT2D eigenvalue weighted by Gasteiger charge is 2.36. The third-order valence-corrected chi connectivity index (χ3v) is 5.98. The summed E-state index contributed by atoms with van der Waals surface area (Å²) in [5, 5.41) is 3.86. The molecule has 0 spiro atoms. The Morgan fingerprint density at radius 2 is 2.07 bits per heavy atom. The van der Waals surface area contributed by atoms with Gasteiger partial charge in [0.25, 0.3) is 5.91 Å². The number of nitrogens with one attached hydrogen (secondary N) is 1. The second-order valence-corrected chi connectivity index (χ2v) is 7.96. The van der Waals surface area contributed by atoms with E-state index in [-0.39, 0.29) is 17.6 Å². The quantitative estimate of drug-likeness (QED) is 0.543. The molecule has 0 radical (unpaired) electrons. The van der Waals surface area contributed by atoms with Gasteiger partial charge in [0.15, 0.2) is 10.9 Å². The SMILES string of the molecule is O=C(Nc1nc2ccccc2s1)C1CCCN1C(=O)c1cc2cc(F)ccc2o1. The van der Waals surface area contributed by atoms with Crippen LogP contribution in [0.1, 0.15) is 23.4 Å². The maximum atomic E-state index is 13.4. The van der Waals surface area contributed by atoms with E-state index in [0.29, 0.717) is 29.1 Å². The molecule has 1 N–H and O–H groups in total. The van der Waals surface area contributed by atoms with E-state index in [2.05, 4.69) is 10.3 Å². The van der Waals surface area contributed by atoms with Crippen LogP contribution in [0.15, 0.2) is 52.9 Å². The van der Waals surface area contributed by atoms with Crippen molar-refractivity contribution in [1.29, 1.82) is 0 Å². The third-order valence-electron chi connectivity index (χ3n) is 5.03. The number of para-hydroxylation sites is 1. The molecule has 146 valence electrons. The van der Waals surface area contributed by atoms with Crippen molar-refractivity contribution in [3.63, 3.8) is 0 Å². The van der Waals surface area contributed by atoms with Gasteiger partial charge in [-0.3, -0.25) is 9.59 Å². The minimum absolute atomic E-state index is 0.102. The van der Waals surface area contributed by atoms with Crippen molar-refractivity contribution in [2.75, 3.05) is 11.9 Å². The topological polar surface area (TPSA) is 75.4 Å². The van der Waals surface area contributed by atoms with Crippen molar-refractivity contribution in [2.45, 2.75) is 18.9 Å². The van der Waals surface area contributed by atoms with Gasteiger partial charge in [-0.25, -0.2) is 9.37 Å². The number of hydrogen-bond acceptors (Lipinski definition) is 5. The van der Waals surface area contributed by atoms with Crippen LogP contribution in [0.25, 0.3) is 21.2 Å². The first-order valence-electron chi connectivity index (χ1n) is 9.25. The molecule has 1 saturated heterocycles. The van der Waals surface area contributed by atoms with E-state index in [9.17, 15) is 14.0 Å². The van der Waals surface area contributed by atoms with E-state index in [1.54, 1.807) is 0 Å². The monoisotopic (exact) mass is 409 g/mol. The van der Waals surface area contributed by atoms with Crippen LogP contribution in [0.3, 0.4) is 0 Å². The maximum Gasteiger partial charge on any atom is 0.290 e. The number of carbonyl (C=O) groups excluding carboxylic acids is 2. The highest BCUT2D eigenvalue weighted by molar-refractivity contribution is 7.22. The molecule has 6 nitrogen and oxygen atoms in total. The first kappa shape index (κ1) is 17.8. The van der Waals surface area contributed by atoms with Gasteiger partial charge in [0.1, 0.15) is 17.4 Å². The number of fused-ring (bicyclic) bond motifs is 2. The summed E-state index contributed by atoms with van der Waals surface area (Å²) in [6.45, 7) is 0.460. The Hall–Kier alpha value is -3.26. The van der Waals surface area contributed by atoms with E-state index in [1.807, 2.05) is 24.3 Å². The number of benzene rings is 2. The van der Waals surface area contributed by atoms with Gasteiger partial charge in [0, 0.05) is 11.9 Å². The van der Waals surface area contributed by atoms with E-state index < -0.39 is 11.9 Å². The van der Waals surface area contributed by atoms with Crippen molar-refractivity contribution in [3.8, 4) is 0 Å². The predicted octanol–water partition coefficient (Wildman–Crippen LogP) is 4.42. The molecule has 2 amide bonds. The fourth-order valence-corrected chi connectivity index (χ4v) is 4.53. The van der Waals surface area contributed by atoms with E-state index in [4.69, 9.17) is 4.42 Å². The van der Waals surface area contributed by atoms with E-state index in [1.165, 1.54) is 40.5 Å². The zero-order chi connectivity index (χ0) is 20.0. The van der Waals surface area contributed by atoms with Crippen LogP contribution in [-0.2, 0) is 4.79 Å². The van der Waals surface area contributed by atoms with Crippen LogP contribution in [0.2, 0.25) is 0 Å². The molecule has 1 aliphatic heterocycles. The van der Waals surface area contributed by atoms with Crippen LogP contribution in [0.4, 0.5) is 9.52 Å². The number of aromatic nitrogens is 1. The average Bonchev–Trinajstić information content (AvgIpc) is 3.43. The van der Waals surface area contributed by atoms with E-state index in [0.717, 1.165) is 16.6 Å². The molecule has 1 atom stereocenters. The van der Waals surface area contributed by atoms with Crippen LogP contribution in [0.5, 0.6) is 0 Å². The molecule has 5 rings (SSSR count). The molecule has 29 heavy (non-hydrogen) atoms. The number of hydrogen-bond donors (Lipinski definition) is 1. The lowest BCUT2D eigenvalue weighted by molar-refractivity contribution is -0.119. The number of carbonyl (C=O) groups is 2. The summed E-state index contributed by atoms with van der Waals surface area (Å²) in [5.41, 5.74) is 1.26. The minimum atomic E-state index is -0.598. The molecule has 1 fully saturated rings. The first-order chi connectivity index (χ1) is 14.1. The summed E-state index contributed by atoms with van der Waals surface area (Å²) in [5.74, 6) is -0.933. The summed E-state index contributed by atoms with van der Waals surface area (Å²) in [4.78, 5) is 31.7. The van der Waals surface area contributed by atoms with Crippen molar-refractivity contribution in [3.05, 3.63) is 60.1 Å². The van der Waals surface area contributed by atoms with Gasteiger partial charge in [-0.1, -0.05) is 23.5 Å². The van der Waals surface area contributed by atoms with Gasteiger partial charge in [-0.15, -0.1) is 0 Å². The van der Waals surface area contributed by atoms with Crippen LogP contribution in [0, 0.1) is 5.82 Å². The normalized spacial score (nSPS) is 16.6. The molecule has 3 heterocycles. The summed E-state index contributed by atoms with van der Waals surface area (Å²) >= 11 is 1.39. The molecule has 0 saturated carbocycles. The Morgan fingerprint density at radius 3 is 2.93 bits per heavy atom. The Bertz CT molecular complexity index is 1220. The standard InChI is InChI=1S/C21H16FN3O3S/c22-13-7-8-16-12(10-13)11-17(28-16)20(27)25-9-3-5-15(25)19(26)24-21-23-14-4-1-2-6-18(14)29-21/h1-2,4,6-8,10-11,15H,3,5,9H2,(H,23,24,26). The van der Waals surface area contributed by atoms with Crippen molar-refractivity contribution >= 4 is 49.5 Å². The molecule has 2 aromatic carbocycles. The molecular weight excluding hydrogens is 393 g/mol. The molecule has 1 aliphatic rings. The van der Waals surface area contributed by atoms with Crippen molar-refractivity contribution in [2.24, 2.45) is 0 Å². The van der Waals surface area contributed by atoms with Crippen molar-refractivity contribution < 1.29 is 18.4 Å². The van der Waals surface area contributed by atoms with Gasteiger partial charge < -0.3 is 14.6 Å². The van der Waals surface area contributed by atoms with Crippen LogP contribution < -0.4 is 5.32 Å². The number of thiazole rings is 1. The fraction of sp³-hybridized carbons (Fsp3) is 0.190. The number of likely N-dealkylation sites (tertiary alicyclic amines) is 1. The Labute approximate surface area is 168 Å². The van der Waals surface area contributed by atoms with Crippen molar-refractivity contribution in [1.82, 2.24) is 9.88 Å². The zero-order valence-electron chi connectivity index (χ0n) is 15.2. The highest BCUT2D eigenvalue weighted by Crippen LogP contribution is 2.28. The number of anilines is 1. The first-order valence-corrected chi connectivity index (χ1v) is 10.1. The predicted molar refractivity (Wildman–Crippen MR) is 108 cm³/mol. The number of amides is 2. The Kier molecular flexibility index (Phi) is 4.28. The largest absolute Gasteiger partial charge is 0.451 e. The minimum Gasteiger partial charge on any atom is -0.451 e. The summed E-state index contributed by atoms with van der Waals surface area (Å²) < 4.78 is 20.0. The summed E-state index contributed by atoms with van der Waals surface area (Å²) in [6.07, 6.45) is 1.29. The molecular formula is C21H16FN3O3S. The third kappa shape index (κ3) is 3.25. The van der Waals surface area contributed by atoms with Gasteiger partial charge >= 0.3 is 0 Å². The lowest BCUT2D eigenvalue weighted by Gasteiger charge is -2.22. The smallest absolute Gasteiger partial charge is 0.290 e. The number of nitrogens with zero attached hydrogens (tertiary/aromatic N) is 2.